The third-order valence-corrected chi connectivity index (χ3v) is 7.53. The minimum atomic E-state index is -3.63. The summed E-state index contributed by atoms with van der Waals surface area (Å²) in [5.41, 5.74) is 1.24. The predicted molar refractivity (Wildman–Crippen MR) is 103 cm³/mol. The molecule has 0 spiro atoms. The van der Waals surface area contributed by atoms with E-state index in [-0.39, 0.29) is 10.8 Å². The molecule has 1 aromatic carbocycles. The van der Waals surface area contributed by atoms with E-state index in [4.69, 9.17) is 0 Å². The Morgan fingerprint density at radius 1 is 1.12 bits per heavy atom. The SMILES string of the molecule is Cc1nn(C(=O)c2ccccc2I)c(C)c1S(=O)(=O)N1CCCCC1. The Bertz CT molecular complexity index is 915. The van der Waals surface area contributed by atoms with Crippen molar-refractivity contribution >= 4 is 38.5 Å². The Hall–Kier alpha value is -1.26. The Morgan fingerprint density at radius 2 is 1.76 bits per heavy atom. The lowest BCUT2D eigenvalue weighted by Crippen LogP contribution is -2.36. The second kappa shape index (κ2) is 7.16. The molecule has 0 unspecified atom stereocenters. The van der Waals surface area contributed by atoms with Crippen molar-refractivity contribution in [1.29, 1.82) is 0 Å². The molecule has 1 aliphatic rings. The van der Waals surface area contributed by atoms with Gasteiger partial charge in [0.1, 0.15) is 4.90 Å². The van der Waals surface area contributed by atoms with Gasteiger partial charge >= 0.3 is 0 Å². The fourth-order valence-electron chi connectivity index (χ4n) is 3.18. The molecule has 2 aromatic rings. The van der Waals surface area contributed by atoms with Gasteiger partial charge in [-0.3, -0.25) is 4.79 Å². The third-order valence-electron chi connectivity index (χ3n) is 4.43. The van der Waals surface area contributed by atoms with Crippen molar-refractivity contribution in [2.75, 3.05) is 13.1 Å². The van der Waals surface area contributed by atoms with Crippen LogP contribution in [-0.2, 0) is 10.0 Å². The molecule has 1 aromatic heterocycles. The molecule has 8 heteroatoms. The molecule has 0 amide bonds. The zero-order chi connectivity index (χ0) is 18.2. The van der Waals surface area contributed by atoms with Crippen LogP contribution in [0.4, 0.5) is 0 Å². The Morgan fingerprint density at radius 3 is 2.40 bits per heavy atom. The van der Waals surface area contributed by atoms with Gasteiger partial charge in [0.05, 0.1) is 17.0 Å². The summed E-state index contributed by atoms with van der Waals surface area (Å²) >= 11 is 2.09. The van der Waals surface area contributed by atoms with Crippen LogP contribution in [0.15, 0.2) is 29.2 Å². The summed E-state index contributed by atoms with van der Waals surface area (Å²) in [7, 11) is -3.63. The maximum absolute atomic E-state index is 13.0. The Labute approximate surface area is 161 Å². The van der Waals surface area contributed by atoms with E-state index in [0.29, 0.717) is 30.0 Å². The highest BCUT2D eigenvalue weighted by molar-refractivity contribution is 14.1. The van der Waals surface area contributed by atoms with Crippen molar-refractivity contribution in [2.24, 2.45) is 0 Å². The second-order valence-electron chi connectivity index (χ2n) is 6.16. The van der Waals surface area contributed by atoms with Crippen LogP contribution in [0.2, 0.25) is 0 Å². The molecule has 0 atom stereocenters. The third kappa shape index (κ3) is 3.39. The van der Waals surface area contributed by atoms with Crippen LogP contribution in [0.5, 0.6) is 0 Å². The molecular weight excluding hydrogens is 453 g/mol. The lowest BCUT2D eigenvalue weighted by atomic mass is 10.2. The second-order valence-corrected chi connectivity index (χ2v) is 9.20. The fourth-order valence-corrected chi connectivity index (χ4v) is 5.67. The predicted octanol–water partition coefficient (Wildman–Crippen LogP) is 2.97. The maximum Gasteiger partial charge on any atom is 0.279 e. The number of sulfonamides is 1. The lowest BCUT2D eigenvalue weighted by molar-refractivity contribution is 0.0941. The minimum Gasteiger partial charge on any atom is -0.267 e. The van der Waals surface area contributed by atoms with Crippen LogP contribution in [0, 0.1) is 17.4 Å². The van der Waals surface area contributed by atoms with Crippen LogP contribution in [-0.4, -0.2) is 41.5 Å². The number of carbonyl (C=O) groups is 1. The topological polar surface area (TPSA) is 72.3 Å². The number of rotatable bonds is 3. The largest absolute Gasteiger partial charge is 0.279 e. The Balaban J connectivity index is 2.04. The van der Waals surface area contributed by atoms with Crippen LogP contribution in [0.1, 0.15) is 41.0 Å². The van der Waals surface area contributed by atoms with Crippen molar-refractivity contribution in [1.82, 2.24) is 14.1 Å². The Kier molecular flexibility index (Phi) is 5.31. The highest BCUT2D eigenvalue weighted by Crippen LogP contribution is 2.27. The molecule has 0 N–H and O–H groups in total. The number of carbonyl (C=O) groups excluding carboxylic acids is 1. The first kappa shape index (κ1) is 18.5. The molecule has 6 nitrogen and oxygen atoms in total. The first-order valence-electron chi connectivity index (χ1n) is 8.19. The molecule has 2 heterocycles. The number of hydrogen-bond donors (Lipinski definition) is 0. The number of halogens is 1. The standard InChI is InChI=1S/C17H20IN3O3S/c1-12-16(25(23,24)20-10-6-3-7-11-20)13(2)21(19-12)17(22)14-8-4-5-9-15(14)18/h4-5,8-9H,3,6-7,10-11H2,1-2H3. The van der Waals surface area contributed by atoms with Gasteiger partial charge in [-0.05, 0) is 61.4 Å². The van der Waals surface area contributed by atoms with Crippen molar-refractivity contribution in [3.63, 3.8) is 0 Å². The number of hydrogen-bond acceptors (Lipinski definition) is 4. The molecule has 1 aliphatic heterocycles. The normalized spacial score (nSPS) is 16.1. The van der Waals surface area contributed by atoms with Crippen molar-refractivity contribution in [3.8, 4) is 0 Å². The van der Waals surface area contributed by atoms with E-state index in [1.54, 1.807) is 26.0 Å². The molecule has 1 saturated heterocycles. The van der Waals surface area contributed by atoms with E-state index in [1.807, 2.05) is 12.1 Å². The molecule has 134 valence electrons. The average molecular weight is 473 g/mol. The van der Waals surface area contributed by atoms with Gasteiger partial charge in [-0.15, -0.1) is 0 Å². The number of benzene rings is 1. The molecule has 0 saturated carbocycles. The number of aryl methyl sites for hydroxylation is 1. The molecule has 0 radical (unpaired) electrons. The maximum atomic E-state index is 13.0. The minimum absolute atomic E-state index is 0.161. The van der Waals surface area contributed by atoms with E-state index in [0.717, 1.165) is 22.8 Å². The number of aromatic nitrogens is 2. The first-order chi connectivity index (χ1) is 11.8. The van der Waals surface area contributed by atoms with Gasteiger partial charge in [-0.2, -0.15) is 14.1 Å². The van der Waals surface area contributed by atoms with Crippen LogP contribution < -0.4 is 0 Å². The average Bonchev–Trinajstić information content (AvgIpc) is 2.90. The van der Waals surface area contributed by atoms with Gasteiger partial charge in [-0.1, -0.05) is 18.6 Å². The van der Waals surface area contributed by atoms with Crippen molar-refractivity contribution in [3.05, 3.63) is 44.8 Å². The highest BCUT2D eigenvalue weighted by atomic mass is 127. The summed E-state index contributed by atoms with van der Waals surface area (Å²) in [6, 6.07) is 7.20. The summed E-state index contributed by atoms with van der Waals surface area (Å²) in [5.74, 6) is -0.314. The van der Waals surface area contributed by atoms with Gasteiger partial charge in [0.25, 0.3) is 5.91 Å². The quantitative estimate of drug-likeness (QED) is 0.643. The molecular formula is C17H20IN3O3S. The first-order valence-corrected chi connectivity index (χ1v) is 10.7. The highest BCUT2D eigenvalue weighted by Gasteiger charge is 2.33. The van der Waals surface area contributed by atoms with Crippen LogP contribution >= 0.6 is 22.6 Å². The molecule has 1 fully saturated rings. The van der Waals surface area contributed by atoms with E-state index in [1.165, 1.54) is 8.99 Å². The molecule has 25 heavy (non-hydrogen) atoms. The van der Waals surface area contributed by atoms with E-state index in [2.05, 4.69) is 27.7 Å². The number of piperidine rings is 1. The monoisotopic (exact) mass is 473 g/mol. The van der Waals surface area contributed by atoms with Gasteiger partial charge in [0.2, 0.25) is 10.0 Å². The zero-order valence-corrected chi connectivity index (χ0v) is 17.2. The van der Waals surface area contributed by atoms with Gasteiger partial charge < -0.3 is 0 Å². The summed E-state index contributed by atoms with van der Waals surface area (Å²) in [5, 5.41) is 4.25. The van der Waals surface area contributed by atoms with E-state index < -0.39 is 10.0 Å². The van der Waals surface area contributed by atoms with E-state index >= 15 is 0 Å². The van der Waals surface area contributed by atoms with Gasteiger partial charge in [0.15, 0.2) is 0 Å². The van der Waals surface area contributed by atoms with E-state index in [9.17, 15) is 13.2 Å². The zero-order valence-electron chi connectivity index (χ0n) is 14.2. The summed E-state index contributed by atoms with van der Waals surface area (Å²) in [6.07, 6.45) is 2.79. The fraction of sp³-hybridized carbons (Fsp3) is 0.412. The molecule has 0 aliphatic carbocycles. The summed E-state index contributed by atoms with van der Waals surface area (Å²) < 4.78 is 29.6. The summed E-state index contributed by atoms with van der Waals surface area (Å²) in [6.45, 7) is 4.34. The van der Waals surface area contributed by atoms with Crippen LogP contribution in [0.3, 0.4) is 0 Å². The van der Waals surface area contributed by atoms with Crippen molar-refractivity contribution < 1.29 is 13.2 Å². The smallest absolute Gasteiger partial charge is 0.267 e. The van der Waals surface area contributed by atoms with Gasteiger partial charge in [0, 0.05) is 16.7 Å². The molecule has 3 rings (SSSR count). The summed E-state index contributed by atoms with van der Waals surface area (Å²) in [4.78, 5) is 13.0. The van der Waals surface area contributed by atoms with Gasteiger partial charge in [-0.25, -0.2) is 8.42 Å². The van der Waals surface area contributed by atoms with Crippen molar-refractivity contribution in [2.45, 2.75) is 38.0 Å². The lowest BCUT2D eigenvalue weighted by Gasteiger charge is -2.25. The van der Waals surface area contributed by atoms with Crippen LogP contribution in [0.25, 0.3) is 0 Å². The number of nitrogens with zero attached hydrogens (tertiary/aromatic N) is 3. The molecule has 0 bridgehead atoms.